The third kappa shape index (κ3) is 2.58. The number of aromatic nitrogens is 2. The van der Waals surface area contributed by atoms with Gasteiger partial charge in [-0.25, -0.2) is 4.79 Å². The van der Waals surface area contributed by atoms with Crippen LogP contribution in [0.1, 0.15) is 33.6 Å². The fraction of sp³-hybridized carbons (Fsp3) is 0.636. The normalized spacial score (nSPS) is 15.2. The van der Waals surface area contributed by atoms with Gasteiger partial charge in [0.25, 0.3) is 0 Å². The highest BCUT2D eigenvalue weighted by Gasteiger charge is 2.35. The summed E-state index contributed by atoms with van der Waals surface area (Å²) in [7, 11) is 0. The lowest BCUT2D eigenvalue weighted by molar-refractivity contribution is -0.147. The largest absolute Gasteiger partial charge is 0.479 e. The Balaban J connectivity index is 2.85. The van der Waals surface area contributed by atoms with Crippen LogP contribution < -0.4 is 0 Å². The van der Waals surface area contributed by atoms with Crippen molar-refractivity contribution in [1.29, 1.82) is 0 Å². The second-order valence-electron chi connectivity index (χ2n) is 4.46. The van der Waals surface area contributed by atoms with Crippen LogP contribution >= 0.6 is 0 Å². The third-order valence-corrected chi connectivity index (χ3v) is 2.68. The Morgan fingerprint density at radius 1 is 1.60 bits per heavy atom. The fourth-order valence-corrected chi connectivity index (χ4v) is 1.45. The minimum atomic E-state index is -0.923. The van der Waals surface area contributed by atoms with Crippen molar-refractivity contribution < 1.29 is 9.90 Å². The highest BCUT2D eigenvalue weighted by molar-refractivity contribution is 5.76. The van der Waals surface area contributed by atoms with E-state index in [1.165, 1.54) is 4.68 Å². The predicted octanol–water partition coefficient (Wildman–Crippen LogP) is 2.12. The maximum absolute atomic E-state index is 11.3. The average molecular weight is 210 g/mol. The molecule has 1 N–H and O–H groups in total. The van der Waals surface area contributed by atoms with Gasteiger partial charge in [0.2, 0.25) is 0 Å². The summed E-state index contributed by atoms with van der Waals surface area (Å²) in [5, 5.41) is 13.3. The standard InChI is InChI=1S/C11H18N2O2/c1-9(2)5-6-11(3,10(14)15)13-8-4-7-12-13/h4,7-9H,5-6H2,1-3H3,(H,14,15). The lowest BCUT2D eigenvalue weighted by Crippen LogP contribution is -2.39. The van der Waals surface area contributed by atoms with Gasteiger partial charge in [0.1, 0.15) is 0 Å². The van der Waals surface area contributed by atoms with Gasteiger partial charge in [-0.05, 0) is 31.7 Å². The summed E-state index contributed by atoms with van der Waals surface area (Å²) in [4.78, 5) is 11.3. The van der Waals surface area contributed by atoms with Crippen molar-refractivity contribution in [1.82, 2.24) is 9.78 Å². The molecule has 0 aliphatic heterocycles. The topological polar surface area (TPSA) is 55.1 Å². The van der Waals surface area contributed by atoms with Crippen molar-refractivity contribution >= 4 is 5.97 Å². The summed E-state index contributed by atoms with van der Waals surface area (Å²) in [6.07, 6.45) is 4.79. The first kappa shape index (κ1) is 11.8. The molecule has 1 unspecified atom stereocenters. The Bertz CT molecular complexity index is 319. The van der Waals surface area contributed by atoms with Gasteiger partial charge in [0.05, 0.1) is 0 Å². The van der Waals surface area contributed by atoms with Crippen molar-refractivity contribution in [3.8, 4) is 0 Å². The number of rotatable bonds is 5. The van der Waals surface area contributed by atoms with E-state index in [-0.39, 0.29) is 0 Å². The van der Waals surface area contributed by atoms with Gasteiger partial charge in [-0.3, -0.25) is 4.68 Å². The van der Waals surface area contributed by atoms with Gasteiger partial charge in [-0.15, -0.1) is 0 Å². The van der Waals surface area contributed by atoms with E-state index in [0.29, 0.717) is 12.3 Å². The molecule has 0 bridgehead atoms. The molecule has 1 atom stereocenters. The molecule has 15 heavy (non-hydrogen) atoms. The molecule has 4 nitrogen and oxygen atoms in total. The van der Waals surface area contributed by atoms with E-state index in [9.17, 15) is 9.90 Å². The van der Waals surface area contributed by atoms with E-state index in [0.717, 1.165) is 6.42 Å². The molecule has 0 fully saturated rings. The summed E-state index contributed by atoms with van der Waals surface area (Å²) in [6, 6.07) is 1.75. The number of carboxylic acids is 1. The van der Waals surface area contributed by atoms with E-state index < -0.39 is 11.5 Å². The number of nitrogens with zero attached hydrogens (tertiary/aromatic N) is 2. The first-order valence-electron chi connectivity index (χ1n) is 5.20. The van der Waals surface area contributed by atoms with E-state index >= 15 is 0 Å². The smallest absolute Gasteiger partial charge is 0.331 e. The second kappa shape index (κ2) is 4.47. The minimum absolute atomic E-state index is 0.499. The van der Waals surface area contributed by atoms with Crippen LogP contribution in [-0.2, 0) is 10.3 Å². The summed E-state index contributed by atoms with van der Waals surface area (Å²) in [5.41, 5.74) is -0.923. The van der Waals surface area contributed by atoms with Crippen molar-refractivity contribution in [3.63, 3.8) is 0 Å². The molecule has 0 radical (unpaired) electrons. The molecule has 0 saturated carbocycles. The van der Waals surface area contributed by atoms with E-state index in [1.54, 1.807) is 25.4 Å². The Morgan fingerprint density at radius 3 is 2.67 bits per heavy atom. The molecule has 0 aromatic carbocycles. The van der Waals surface area contributed by atoms with Crippen molar-refractivity contribution in [3.05, 3.63) is 18.5 Å². The number of hydrogen-bond acceptors (Lipinski definition) is 2. The molecule has 1 heterocycles. The Kier molecular flexibility index (Phi) is 3.50. The fourth-order valence-electron chi connectivity index (χ4n) is 1.45. The lowest BCUT2D eigenvalue weighted by atomic mass is 9.92. The highest BCUT2D eigenvalue weighted by Crippen LogP contribution is 2.24. The third-order valence-electron chi connectivity index (χ3n) is 2.68. The molecule has 0 spiro atoms. The van der Waals surface area contributed by atoms with Crippen LogP contribution in [0.15, 0.2) is 18.5 Å². The summed E-state index contributed by atoms with van der Waals surface area (Å²) in [5.74, 6) is -0.328. The monoisotopic (exact) mass is 210 g/mol. The molecule has 4 heteroatoms. The van der Waals surface area contributed by atoms with Gasteiger partial charge in [-0.2, -0.15) is 5.10 Å². The zero-order valence-electron chi connectivity index (χ0n) is 9.47. The molecule has 0 aliphatic carbocycles. The molecule has 0 amide bonds. The Labute approximate surface area is 89.9 Å². The molecule has 1 rings (SSSR count). The highest BCUT2D eigenvalue weighted by atomic mass is 16.4. The van der Waals surface area contributed by atoms with E-state index in [4.69, 9.17) is 0 Å². The molecule has 0 aliphatic rings. The number of hydrogen-bond donors (Lipinski definition) is 1. The first-order valence-corrected chi connectivity index (χ1v) is 5.20. The number of carbonyl (C=O) groups is 1. The molecular weight excluding hydrogens is 192 g/mol. The molecular formula is C11H18N2O2. The average Bonchev–Trinajstić information content (AvgIpc) is 2.66. The van der Waals surface area contributed by atoms with Gasteiger partial charge in [0.15, 0.2) is 5.54 Å². The van der Waals surface area contributed by atoms with E-state index in [1.807, 2.05) is 0 Å². The van der Waals surface area contributed by atoms with Crippen LogP contribution in [0.25, 0.3) is 0 Å². The Morgan fingerprint density at radius 2 is 2.27 bits per heavy atom. The van der Waals surface area contributed by atoms with Gasteiger partial charge < -0.3 is 5.11 Å². The van der Waals surface area contributed by atoms with Crippen LogP contribution in [0, 0.1) is 5.92 Å². The Hall–Kier alpha value is -1.32. The van der Waals surface area contributed by atoms with Crippen LogP contribution in [0.3, 0.4) is 0 Å². The minimum Gasteiger partial charge on any atom is -0.479 e. The summed E-state index contributed by atoms with van der Waals surface area (Å²) in [6.45, 7) is 5.89. The van der Waals surface area contributed by atoms with Crippen LogP contribution in [0.4, 0.5) is 0 Å². The SMILES string of the molecule is CC(C)CCC(C)(C(=O)O)n1cccn1. The van der Waals surface area contributed by atoms with Gasteiger partial charge in [-0.1, -0.05) is 13.8 Å². The van der Waals surface area contributed by atoms with Crippen molar-refractivity contribution in [2.24, 2.45) is 5.92 Å². The van der Waals surface area contributed by atoms with Crippen LogP contribution in [0.5, 0.6) is 0 Å². The zero-order chi connectivity index (χ0) is 11.5. The molecule has 1 aromatic rings. The maximum atomic E-state index is 11.3. The van der Waals surface area contributed by atoms with Crippen LogP contribution in [-0.4, -0.2) is 20.9 Å². The van der Waals surface area contributed by atoms with Crippen LogP contribution in [0.2, 0.25) is 0 Å². The summed E-state index contributed by atoms with van der Waals surface area (Å²) >= 11 is 0. The lowest BCUT2D eigenvalue weighted by Gasteiger charge is -2.26. The van der Waals surface area contributed by atoms with Gasteiger partial charge >= 0.3 is 5.97 Å². The van der Waals surface area contributed by atoms with E-state index in [2.05, 4.69) is 18.9 Å². The number of aliphatic carboxylic acids is 1. The van der Waals surface area contributed by atoms with Crippen molar-refractivity contribution in [2.75, 3.05) is 0 Å². The van der Waals surface area contributed by atoms with Gasteiger partial charge in [0, 0.05) is 12.4 Å². The second-order valence-corrected chi connectivity index (χ2v) is 4.46. The predicted molar refractivity (Wildman–Crippen MR) is 57.6 cm³/mol. The molecule has 0 saturated heterocycles. The number of carboxylic acid groups (broad SMARTS) is 1. The maximum Gasteiger partial charge on any atom is 0.331 e. The summed E-state index contributed by atoms with van der Waals surface area (Å²) < 4.78 is 1.53. The molecule has 1 aromatic heterocycles. The quantitative estimate of drug-likeness (QED) is 0.809. The molecule has 84 valence electrons. The van der Waals surface area contributed by atoms with Crippen molar-refractivity contribution in [2.45, 2.75) is 39.2 Å². The zero-order valence-corrected chi connectivity index (χ0v) is 9.47. The first-order chi connectivity index (χ1) is 6.97.